The first-order chi connectivity index (χ1) is 10.5. The number of amides is 1. The monoisotopic (exact) mass is 303 g/mol. The number of nitrogens with one attached hydrogen (secondary N) is 2. The van der Waals surface area contributed by atoms with Crippen molar-refractivity contribution < 1.29 is 9.63 Å². The van der Waals surface area contributed by atoms with Gasteiger partial charge in [-0.1, -0.05) is 5.16 Å². The number of carbonyl (C=O) groups is 1. The van der Waals surface area contributed by atoms with Gasteiger partial charge in [-0.05, 0) is 51.2 Å². The first kappa shape index (κ1) is 14.8. The van der Waals surface area contributed by atoms with Crippen molar-refractivity contribution in [2.45, 2.75) is 51.6 Å². The van der Waals surface area contributed by atoms with Gasteiger partial charge >= 0.3 is 0 Å². The highest BCUT2D eigenvalue weighted by Crippen LogP contribution is 2.22. The third kappa shape index (κ3) is 2.91. The molecule has 1 aromatic heterocycles. The van der Waals surface area contributed by atoms with Gasteiger partial charge in [-0.3, -0.25) is 9.59 Å². The number of hydrogen-bond donors (Lipinski definition) is 2. The Balaban J connectivity index is 1.71. The number of H-pyrrole nitrogens is 1. The number of pyridine rings is 1. The molecule has 2 aliphatic rings. The van der Waals surface area contributed by atoms with E-state index in [1.54, 1.807) is 6.07 Å². The van der Waals surface area contributed by atoms with E-state index in [4.69, 9.17) is 4.84 Å². The second kappa shape index (κ2) is 5.59. The second-order valence-corrected chi connectivity index (χ2v) is 6.45. The van der Waals surface area contributed by atoms with Crippen molar-refractivity contribution in [3.63, 3.8) is 0 Å². The van der Waals surface area contributed by atoms with E-state index < -0.39 is 5.60 Å². The lowest BCUT2D eigenvalue weighted by Gasteiger charge is -2.22. The number of aryl methyl sites for hydroxylation is 2. The van der Waals surface area contributed by atoms with Crippen LogP contribution in [-0.4, -0.2) is 28.7 Å². The Bertz CT molecular complexity index is 692. The fraction of sp³-hybridized carbons (Fsp3) is 0.562. The highest BCUT2D eigenvalue weighted by Gasteiger charge is 2.33. The van der Waals surface area contributed by atoms with Crippen LogP contribution in [0.25, 0.3) is 0 Å². The van der Waals surface area contributed by atoms with E-state index in [0.29, 0.717) is 13.0 Å². The molecule has 1 aliphatic heterocycles. The van der Waals surface area contributed by atoms with Crippen molar-refractivity contribution in [1.29, 1.82) is 0 Å². The van der Waals surface area contributed by atoms with Crippen LogP contribution in [0.5, 0.6) is 0 Å². The smallest absolute Gasteiger partial charge is 0.261 e. The van der Waals surface area contributed by atoms with Crippen molar-refractivity contribution >= 4 is 11.6 Å². The molecule has 2 N–H and O–H groups in total. The minimum atomic E-state index is -0.527. The number of hydrogen-bond acceptors (Lipinski definition) is 4. The maximum absolute atomic E-state index is 12.3. The summed E-state index contributed by atoms with van der Waals surface area (Å²) >= 11 is 0. The molecule has 3 rings (SSSR count). The van der Waals surface area contributed by atoms with Gasteiger partial charge in [0.15, 0.2) is 5.60 Å². The highest BCUT2D eigenvalue weighted by atomic mass is 16.7. The van der Waals surface area contributed by atoms with Gasteiger partial charge in [0.05, 0.1) is 12.3 Å². The van der Waals surface area contributed by atoms with E-state index >= 15 is 0 Å². The van der Waals surface area contributed by atoms with E-state index in [1.165, 1.54) is 0 Å². The topological polar surface area (TPSA) is 83.5 Å². The van der Waals surface area contributed by atoms with Crippen molar-refractivity contribution in [2.24, 2.45) is 5.16 Å². The molecule has 0 bridgehead atoms. The summed E-state index contributed by atoms with van der Waals surface area (Å²) in [7, 11) is 0. The lowest BCUT2D eigenvalue weighted by Crippen LogP contribution is -2.42. The van der Waals surface area contributed by atoms with Gasteiger partial charge < -0.3 is 15.1 Å². The largest absolute Gasteiger partial charge is 0.387 e. The predicted octanol–water partition coefficient (Wildman–Crippen LogP) is 1.54. The Morgan fingerprint density at radius 3 is 2.95 bits per heavy atom. The number of oxime groups is 1. The van der Waals surface area contributed by atoms with Gasteiger partial charge in [-0.15, -0.1) is 0 Å². The van der Waals surface area contributed by atoms with Crippen LogP contribution in [-0.2, 0) is 17.7 Å². The van der Waals surface area contributed by atoms with Gasteiger partial charge in [-0.2, -0.15) is 0 Å². The Kier molecular flexibility index (Phi) is 3.76. The standard InChI is InChI=1S/C16H21N3O3/c1-10-8-16(2,22-19-10)9-17-14(20)12-7-11-5-3-4-6-13(11)18-15(12)21/h7H,3-6,8-9H2,1-2H3,(H,17,20)(H,18,21). The van der Waals surface area contributed by atoms with Crippen LogP contribution in [0, 0.1) is 0 Å². The average Bonchev–Trinajstić information content (AvgIpc) is 2.84. The number of carbonyl (C=O) groups excluding carboxylic acids is 1. The molecule has 1 atom stereocenters. The normalized spacial score (nSPS) is 23.5. The zero-order chi connectivity index (χ0) is 15.7. The molecule has 0 saturated carbocycles. The zero-order valence-corrected chi connectivity index (χ0v) is 13.0. The van der Waals surface area contributed by atoms with Crippen LogP contribution < -0.4 is 10.9 Å². The van der Waals surface area contributed by atoms with E-state index in [-0.39, 0.29) is 17.0 Å². The summed E-state index contributed by atoms with van der Waals surface area (Å²) in [6.45, 7) is 4.11. The van der Waals surface area contributed by atoms with Crippen LogP contribution in [0.15, 0.2) is 16.0 Å². The fourth-order valence-corrected chi connectivity index (χ4v) is 3.09. The summed E-state index contributed by atoms with van der Waals surface area (Å²) in [4.78, 5) is 32.6. The third-order valence-electron chi connectivity index (χ3n) is 4.26. The van der Waals surface area contributed by atoms with Gasteiger partial charge in [0.2, 0.25) is 0 Å². The average molecular weight is 303 g/mol. The molecule has 0 radical (unpaired) electrons. The summed E-state index contributed by atoms with van der Waals surface area (Å²) in [5.74, 6) is -0.357. The highest BCUT2D eigenvalue weighted by molar-refractivity contribution is 5.94. The molecule has 0 aromatic carbocycles. The number of nitrogens with zero attached hydrogens (tertiary/aromatic N) is 1. The summed E-state index contributed by atoms with van der Waals surface area (Å²) < 4.78 is 0. The maximum atomic E-state index is 12.3. The lowest BCUT2D eigenvalue weighted by molar-refractivity contribution is -0.00183. The number of fused-ring (bicyclic) bond motifs is 1. The number of aromatic amines is 1. The van der Waals surface area contributed by atoms with E-state index in [2.05, 4.69) is 15.5 Å². The minimum absolute atomic E-state index is 0.180. The Morgan fingerprint density at radius 1 is 1.45 bits per heavy atom. The Labute approximate surface area is 128 Å². The predicted molar refractivity (Wildman–Crippen MR) is 83.3 cm³/mol. The molecule has 6 nitrogen and oxygen atoms in total. The molecule has 1 unspecified atom stereocenters. The number of aromatic nitrogens is 1. The molecule has 1 aliphatic carbocycles. The van der Waals surface area contributed by atoms with Crippen LogP contribution in [0.1, 0.15) is 54.7 Å². The number of rotatable bonds is 3. The summed E-state index contributed by atoms with van der Waals surface area (Å²) in [6, 6.07) is 1.74. The molecule has 6 heteroatoms. The van der Waals surface area contributed by atoms with Crippen molar-refractivity contribution in [2.75, 3.05) is 6.54 Å². The summed E-state index contributed by atoms with van der Waals surface area (Å²) in [6.07, 6.45) is 4.66. The van der Waals surface area contributed by atoms with Crippen molar-refractivity contribution in [3.05, 3.63) is 33.2 Å². The molecule has 2 heterocycles. The van der Waals surface area contributed by atoms with Crippen LogP contribution in [0.2, 0.25) is 0 Å². The summed E-state index contributed by atoms with van der Waals surface area (Å²) in [5, 5.41) is 6.70. The molecule has 0 spiro atoms. The second-order valence-electron chi connectivity index (χ2n) is 6.45. The molecule has 22 heavy (non-hydrogen) atoms. The fourth-order valence-electron chi connectivity index (χ4n) is 3.09. The van der Waals surface area contributed by atoms with Gasteiger partial charge in [-0.25, -0.2) is 0 Å². The third-order valence-corrected chi connectivity index (χ3v) is 4.26. The Morgan fingerprint density at radius 2 is 2.23 bits per heavy atom. The molecule has 0 saturated heterocycles. The van der Waals surface area contributed by atoms with E-state index in [9.17, 15) is 9.59 Å². The van der Waals surface area contributed by atoms with Gasteiger partial charge in [0.1, 0.15) is 5.56 Å². The zero-order valence-electron chi connectivity index (χ0n) is 13.0. The lowest BCUT2D eigenvalue weighted by atomic mass is 9.95. The van der Waals surface area contributed by atoms with Gasteiger partial charge in [0, 0.05) is 12.1 Å². The summed E-state index contributed by atoms with van der Waals surface area (Å²) in [5.41, 5.74) is 2.30. The van der Waals surface area contributed by atoms with Crippen LogP contribution in [0.3, 0.4) is 0 Å². The molecule has 1 amide bonds. The molecule has 1 aromatic rings. The molecular formula is C16H21N3O3. The van der Waals surface area contributed by atoms with E-state index in [0.717, 1.165) is 42.7 Å². The molecular weight excluding hydrogens is 282 g/mol. The minimum Gasteiger partial charge on any atom is -0.387 e. The first-order valence-electron chi connectivity index (χ1n) is 7.72. The maximum Gasteiger partial charge on any atom is 0.261 e. The van der Waals surface area contributed by atoms with Gasteiger partial charge in [0.25, 0.3) is 11.5 Å². The van der Waals surface area contributed by atoms with Crippen molar-refractivity contribution in [1.82, 2.24) is 10.3 Å². The van der Waals surface area contributed by atoms with Crippen molar-refractivity contribution in [3.8, 4) is 0 Å². The quantitative estimate of drug-likeness (QED) is 0.888. The Hall–Kier alpha value is -2.11. The van der Waals surface area contributed by atoms with E-state index in [1.807, 2.05) is 13.8 Å². The molecule has 0 fully saturated rings. The van der Waals surface area contributed by atoms with Crippen LogP contribution in [0.4, 0.5) is 0 Å². The van der Waals surface area contributed by atoms with Crippen LogP contribution >= 0.6 is 0 Å². The SMILES string of the molecule is CC1=NOC(C)(CNC(=O)c2cc3c([nH]c2=O)CCCC3)C1. The molecule has 118 valence electrons. The first-order valence-corrected chi connectivity index (χ1v) is 7.72.